The van der Waals surface area contributed by atoms with Crippen molar-refractivity contribution in [3.8, 4) is 6.07 Å². The Bertz CT molecular complexity index is 735. The Morgan fingerprint density at radius 2 is 1.90 bits per heavy atom. The number of nitrogens with zero attached hydrogens (tertiary/aromatic N) is 2. The summed E-state index contributed by atoms with van der Waals surface area (Å²) in [5.41, 5.74) is 1.02. The molecule has 0 saturated carbocycles. The molecule has 0 fully saturated rings. The van der Waals surface area contributed by atoms with Gasteiger partial charge in [-0.15, -0.1) is 0 Å². The first-order valence-electron chi connectivity index (χ1n) is 5.61. The molecule has 0 aliphatic carbocycles. The minimum absolute atomic E-state index is 0.0358. The molecule has 0 aliphatic rings. The van der Waals surface area contributed by atoms with Crippen molar-refractivity contribution in [1.29, 1.82) is 5.26 Å². The van der Waals surface area contributed by atoms with Gasteiger partial charge < -0.3 is 0 Å². The van der Waals surface area contributed by atoms with Crippen LogP contribution < -0.4 is 4.72 Å². The van der Waals surface area contributed by atoms with Crippen LogP contribution in [0.2, 0.25) is 0 Å². The number of rotatable bonds is 4. The normalized spacial score (nSPS) is 11.0. The second-order valence-corrected chi connectivity index (χ2v) is 6.62. The van der Waals surface area contributed by atoms with E-state index in [9.17, 15) is 8.42 Å². The summed E-state index contributed by atoms with van der Waals surface area (Å²) in [5, 5.41) is 8.62. The van der Waals surface area contributed by atoms with Crippen molar-refractivity contribution in [1.82, 2.24) is 9.71 Å². The average molecular weight is 352 g/mol. The third-order valence-electron chi connectivity index (χ3n) is 2.54. The molecular weight excluding hydrogens is 342 g/mol. The highest BCUT2D eigenvalue weighted by Crippen LogP contribution is 2.12. The number of aromatic nitrogens is 1. The Morgan fingerprint density at radius 1 is 1.20 bits per heavy atom. The number of sulfonamides is 1. The number of halogens is 1. The van der Waals surface area contributed by atoms with Gasteiger partial charge in [0.05, 0.1) is 0 Å². The quantitative estimate of drug-likeness (QED) is 0.914. The molecule has 2 aromatic rings. The van der Waals surface area contributed by atoms with Gasteiger partial charge in [0, 0.05) is 17.2 Å². The molecule has 0 saturated heterocycles. The highest BCUT2D eigenvalue weighted by atomic mass is 79.9. The molecule has 0 atom stereocenters. The molecule has 2 rings (SSSR count). The van der Waals surface area contributed by atoms with E-state index in [4.69, 9.17) is 5.26 Å². The molecule has 1 N–H and O–H groups in total. The summed E-state index contributed by atoms with van der Waals surface area (Å²) in [5.74, 6) is 0. The zero-order valence-corrected chi connectivity index (χ0v) is 12.6. The van der Waals surface area contributed by atoms with Crippen molar-refractivity contribution in [2.24, 2.45) is 0 Å². The van der Waals surface area contributed by atoms with E-state index in [2.05, 4.69) is 25.6 Å². The fourth-order valence-corrected chi connectivity index (χ4v) is 2.70. The number of hydrogen-bond acceptors (Lipinski definition) is 4. The average Bonchev–Trinajstić information content (AvgIpc) is 2.47. The molecule has 0 amide bonds. The fraction of sp³-hybridized carbons (Fsp3) is 0.0769. The minimum Gasteiger partial charge on any atom is -0.244 e. The molecule has 1 aromatic heterocycles. The van der Waals surface area contributed by atoms with E-state index in [-0.39, 0.29) is 17.1 Å². The summed E-state index contributed by atoms with van der Waals surface area (Å²) in [6, 6.07) is 11.9. The van der Waals surface area contributed by atoms with Crippen LogP contribution in [-0.4, -0.2) is 13.4 Å². The molecule has 7 heteroatoms. The van der Waals surface area contributed by atoms with Gasteiger partial charge in [0.25, 0.3) is 0 Å². The first kappa shape index (κ1) is 14.7. The lowest BCUT2D eigenvalue weighted by Crippen LogP contribution is -2.23. The largest absolute Gasteiger partial charge is 0.244 e. The molecule has 20 heavy (non-hydrogen) atoms. The first-order chi connectivity index (χ1) is 9.51. The van der Waals surface area contributed by atoms with Crippen LogP contribution in [0.15, 0.2) is 52.0 Å². The van der Waals surface area contributed by atoms with Crippen molar-refractivity contribution < 1.29 is 8.42 Å². The zero-order chi connectivity index (χ0) is 14.6. The van der Waals surface area contributed by atoms with E-state index in [0.717, 1.165) is 10.0 Å². The third kappa shape index (κ3) is 3.63. The van der Waals surface area contributed by atoms with Crippen molar-refractivity contribution in [3.63, 3.8) is 0 Å². The summed E-state index contributed by atoms with van der Waals surface area (Å²) < 4.78 is 27.5. The summed E-state index contributed by atoms with van der Waals surface area (Å²) in [6.45, 7) is 0.190. The number of pyridine rings is 1. The van der Waals surface area contributed by atoms with Crippen LogP contribution >= 0.6 is 15.9 Å². The second kappa shape index (κ2) is 6.13. The maximum atomic E-state index is 12.0. The maximum absolute atomic E-state index is 12.0. The van der Waals surface area contributed by atoms with Crippen molar-refractivity contribution in [3.05, 3.63) is 58.3 Å². The lowest BCUT2D eigenvalue weighted by molar-refractivity contribution is 0.581. The molecule has 1 aromatic carbocycles. The molecule has 0 unspecified atom stereocenters. The zero-order valence-electron chi connectivity index (χ0n) is 10.2. The molecule has 0 spiro atoms. The summed E-state index contributed by atoms with van der Waals surface area (Å²) >= 11 is 3.31. The predicted molar refractivity (Wildman–Crippen MR) is 77.1 cm³/mol. The van der Waals surface area contributed by atoms with Gasteiger partial charge in [0.1, 0.15) is 16.7 Å². The van der Waals surface area contributed by atoms with Gasteiger partial charge in [0.2, 0.25) is 10.0 Å². The Hall–Kier alpha value is -1.75. The van der Waals surface area contributed by atoms with Crippen LogP contribution in [0.25, 0.3) is 0 Å². The van der Waals surface area contributed by atoms with Crippen LogP contribution in [0.1, 0.15) is 11.3 Å². The number of benzene rings is 1. The van der Waals surface area contributed by atoms with Crippen LogP contribution in [0.5, 0.6) is 0 Å². The van der Waals surface area contributed by atoms with Crippen LogP contribution in [0.3, 0.4) is 0 Å². The van der Waals surface area contributed by atoms with Crippen molar-refractivity contribution >= 4 is 26.0 Å². The van der Waals surface area contributed by atoms with Gasteiger partial charge in [0.15, 0.2) is 0 Å². The topological polar surface area (TPSA) is 82.8 Å². The molecule has 0 bridgehead atoms. The van der Waals surface area contributed by atoms with Gasteiger partial charge in [-0.25, -0.2) is 18.1 Å². The standard InChI is InChI=1S/C13H10BrN3O2S/c14-11-3-1-10(2-4-11)8-17-20(18,19)13-6-5-12(7-15)16-9-13/h1-6,9,17H,8H2. The lowest BCUT2D eigenvalue weighted by atomic mass is 10.2. The minimum atomic E-state index is -3.63. The molecular formula is C13H10BrN3O2S. The Kier molecular flexibility index (Phi) is 4.49. The predicted octanol–water partition coefficient (Wildman–Crippen LogP) is 2.19. The maximum Gasteiger partial charge on any atom is 0.242 e. The lowest BCUT2D eigenvalue weighted by Gasteiger charge is -2.06. The van der Waals surface area contributed by atoms with Gasteiger partial charge in [-0.1, -0.05) is 28.1 Å². The number of nitrogens with one attached hydrogen (secondary N) is 1. The Balaban J connectivity index is 2.10. The van der Waals surface area contributed by atoms with E-state index in [1.807, 2.05) is 30.3 Å². The Morgan fingerprint density at radius 3 is 2.45 bits per heavy atom. The highest BCUT2D eigenvalue weighted by molar-refractivity contribution is 9.10. The number of hydrogen-bond donors (Lipinski definition) is 1. The monoisotopic (exact) mass is 351 g/mol. The number of nitriles is 1. The van der Waals surface area contributed by atoms with Crippen molar-refractivity contribution in [2.75, 3.05) is 0 Å². The van der Waals surface area contributed by atoms with E-state index < -0.39 is 10.0 Å². The second-order valence-electron chi connectivity index (χ2n) is 3.94. The summed E-state index contributed by atoms with van der Waals surface area (Å²) in [6.07, 6.45) is 1.17. The van der Waals surface area contributed by atoms with E-state index in [0.29, 0.717) is 0 Å². The smallest absolute Gasteiger partial charge is 0.242 e. The van der Waals surface area contributed by atoms with E-state index >= 15 is 0 Å². The molecule has 0 radical (unpaired) electrons. The fourth-order valence-electron chi connectivity index (χ4n) is 1.47. The summed E-state index contributed by atoms with van der Waals surface area (Å²) in [4.78, 5) is 3.78. The van der Waals surface area contributed by atoms with Gasteiger partial charge in [-0.3, -0.25) is 0 Å². The highest BCUT2D eigenvalue weighted by Gasteiger charge is 2.14. The van der Waals surface area contributed by atoms with Crippen LogP contribution in [0, 0.1) is 11.3 Å². The molecule has 1 heterocycles. The van der Waals surface area contributed by atoms with Gasteiger partial charge in [-0.2, -0.15) is 5.26 Å². The van der Waals surface area contributed by atoms with E-state index in [1.54, 1.807) is 0 Å². The van der Waals surface area contributed by atoms with Gasteiger partial charge >= 0.3 is 0 Å². The third-order valence-corrected chi connectivity index (χ3v) is 4.46. The van der Waals surface area contributed by atoms with Gasteiger partial charge in [-0.05, 0) is 29.8 Å². The molecule has 5 nitrogen and oxygen atoms in total. The molecule has 0 aliphatic heterocycles. The first-order valence-corrected chi connectivity index (χ1v) is 7.89. The summed E-state index contributed by atoms with van der Waals surface area (Å²) in [7, 11) is -3.63. The van der Waals surface area contributed by atoms with Crippen LogP contribution in [0.4, 0.5) is 0 Å². The van der Waals surface area contributed by atoms with E-state index in [1.165, 1.54) is 18.3 Å². The Labute approximate surface area is 125 Å². The molecule has 102 valence electrons. The van der Waals surface area contributed by atoms with Crippen molar-refractivity contribution in [2.45, 2.75) is 11.4 Å². The van der Waals surface area contributed by atoms with Crippen LogP contribution in [-0.2, 0) is 16.6 Å². The SMILES string of the molecule is N#Cc1ccc(S(=O)(=O)NCc2ccc(Br)cc2)cn1.